The first kappa shape index (κ1) is 13.6. The van der Waals surface area contributed by atoms with Gasteiger partial charge in [0.1, 0.15) is 10.7 Å². The van der Waals surface area contributed by atoms with Gasteiger partial charge in [0, 0.05) is 0 Å². The third-order valence-corrected chi connectivity index (χ3v) is 3.93. The molecule has 5 nitrogen and oxygen atoms in total. The van der Waals surface area contributed by atoms with Crippen LogP contribution in [0.1, 0.15) is 0 Å². The standard InChI is InChI=1S/C11H9ClFN3O2S/c12-8-2-1-3-9(11(8)13)19(17,18)16-7-4-5-10(14)15-6-7/h1-6,16H,(H2,14,15). The van der Waals surface area contributed by atoms with Crippen LogP contribution < -0.4 is 10.5 Å². The van der Waals surface area contributed by atoms with Gasteiger partial charge in [-0.2, -0.15) is 0 Å². The fourth-order valence-electron chi connectivity index (χ4n) is 1.37. The molecule has 0 aliphatic heterocycles. The van der Waals surface area contributed by atoms with E-state index >= 15 is 0 Å². The number of hydrogen-bond donors (Lipinski definition) is 2. The van der Waals surface area contributed by atoms with E-state index in [4.69, 9.17) is 17.3 Å². The third kappa shape index (κ3) is 2.94. The molecule has 0 amide bonds. The van der Waals surface area contributed by atoms with Crippen LogP contribution in [0.2, 0.25) is 5.02 Å². The zero-order valence-electron chi connectivity index (χ0n) is 9.47. The molecule has 1 heterocycles. The van der Waals surface area contributed by atoms with E-state index in [0.717, 1.165) is 6.07 Å². The normalized spacial score (nSPS) is 11.3. The molecule has 0 spiro atoms. The van der Waals surface area contributed by atoms with E-state index < -0.39 is 20.7 Å². The molecule has 0 atom stereocenters. The van der Waals surface area contributed by atoms with E-state index in [1.165, 1.54) is 30.5 Å². The van der Waals surface area contributed by atoms with Crippen molar-refractivity contribution in [3.05, 3.63) is 47.4 Å². The summed E-state index contributed by atoms with van der Waals surface area (Å²) < 4.78 is 39.8. The number of anilines is 2. The van der Waals surface area contributed by atoms with Crippen LogP contribution >= 0.6 is 11.6 Å². The van der Waals surface area contributed by atoms with Crippen molar-refractivity contribution in [2.45, 2.75) is 4.90 Å². The Kier molecular flexibility index (Phi) is 3.59. The SMILES string of the molecule is Nc1ccc(NS(=O)(=O)c2cccc(Cl)c2F)cn1. The van der Waals surface area contributed by atoms with Crippen molar-refractivity contribution < 1.29 is 12.8 Å². The molecular formula is C11H9ClFN3O2S. The number of nitrogens with zero attached hydrogens (tertiary/aromatic N) is 1. The minimum atomic E-state index is -4.07. The van der Waals surface area contributed by atoms with Gasteiger partial charge in [-0.05, 0) is 24.3 Å². The number of pyridine rings is 1. The van der Waals surface area contributed by atoms with Crippen molar-refractivity contribution in [2.24, 2.45) is 0 Å². The number of sulfonamides is 1. The average Bonchev–Trinajstić information content (AvgIpc) is 2.35. The summed E-state index contributed by atoms with van der Waals surface area (Å²) >= 11 is 5.55. The van der Waals surface area contributed by atoms with Crippen LogP contribution in [0.25, 0.3) is 0 Å². The molecule has 0 aliphatic carbocycles. The lowest BCUT2D eigenvalue weighted by Crippen LogP contribution is -2.15. The third-order valence-electron chi connectivity index (χ3n) is 2.24. The first-order valence-corrected chi connectivity index (χ1v) is 6.94. The molecule has 0 unspecified atom stereocenters. The van der Waals surface area contributed by atoms with Crippen molar-refractivity contribution in [2.75, 3.05) is 10.5 Å². The fraction of sp³-hybridized carbons (Fsp3) is 0. The van der Waals surface area contributed by atoms with Gasteiger partial charge in [0.25, 0.3) is 10.0 Å². The Morgan fingerprint density at radius 3 is 2.63 bits per heavy atom. The Hall–Kier alpha value is -1.86. The number of nitrogens with two attached hydrogens (primary N) is 1. The lowest BCUT2D eigenvalue weighted by molar-refractivity contribution is 0.570. The maximum absolute atomic E-state index is 13.7. The summed E-state index contributed by atoms with van der Waals surface area (Å²) in [7, 11) is -4.07. The van der Waals surface area contributed by atoms with Gasteiger partial charge in [0.2, 0.25) is 0 Å². The van der Waals surface area contributed by atoms with Gasteiger partial charge in [-0.15, -0.1) is 0 Å². The quantitative estimate of drug-likeness (QED) is 0.910. The van der Waals surface area contributed by atoms with Crippen molar-refractivity contribution in [3.8, 4) is 0 Å². The molecule has 0 saturated heterocycles. The first-order chi connectivity index (χ1) is 8.90. The largest absolute Gasteiger partial charge is 0.384 e. The number of nitrogens with one attached hydrogen (secondary N) is 1. The van der Waals surface area contributed by atoms with Crippen LogP contribution in [0.5, 0.6) is 0 Å². The molecule has 1 aromatic heterocycles. The van der Waals surface area contributed by atoms with E-state index in [2.05, 4.69) is 9.71 Å². The molecule has 8 heteroatoms. The number of nitrogen functional groups attached to an aromatic ring is 1. The Bertz CT molecular complexity index is 704. The summed E-state index contributed by atoms with van der Waals surface area (Å²) in [5, 5.41) is -0.265. The molecule has 0 bridgehead atoms. The van der Waals surface area contributed by atoms with E-state index in [9.17, 15) is 12.8 Å². The average molecular weight is 302 g/mol. The molecule has 0 radical (unpaired) electrons. The molecular weight excluding hydrogens is 293 g/mol. The van der Waals surface area contributed by atoms with Crippen LogP contribution in [0.15, 0.2) is 41.4 Å². The second kappa shape index (κ2) is 5.02. The Morgan fingerprint density at radius 1 is 1.26 bits per heavy atom. The monoisotopic (exact) mass is 301 g/mol. The fourth-order valence-corrected chi connectivity index (χ4v) is 2.74. The Morgan fingerprint density at radius 2 is 2.00 bits per heavy atom. The van der Waals surface area contributed by atoms with E-state index in [0.29, 0.717) is 0 Å². The number of aromatic nitrogens is 1. The summed E-state index contributed by atoms with van der Waals surface area (Å²) in [6.07, 6.45) is 1.23. The summed E-state index contributed by atoms with van der Waals surface area (Å²) in [5.41, 5.74) is 5.55. The van der Waals surface area contributed by atoms with E-state index in [1.807, 2.05) is 0 Å². The number of benzene rings is 1. The molecule has 2 aromatic rings. The van der Waals surface area contributed by atoms with Gasteiger partial charge in [0.15, 0.2) is 5.82 Å². The highest BCUT2D eigenvalue weighted by Gasteiger charge is 2.20. The van der Waals surface area contributed by atoms with Gasteiger partial charge < -0.3 is 5.73 Å². The minimum Gasteiger partial charge on any atom is -0.384 e. The highest BCUT2D eigenvalue weighted by Crippen LogP contribution is 2.23. The number of hydrogen-bond acceptors (Lipinski definition) is 4. The first-order valence-electron chi connectivity index (χ1n) is 5.08. The van der Waals surface area contributed by atoms with Gasteiger partial charge in [0.05, 0.1) is 16.9 Å². The van der Waals surface area contributed by atoms with Crippen molar-refractivity contribution in [1.82, 2.24) is 4.98 Å². The van der Waals surface area contributed by atoms with Gasteiger partial charge >= 0.3 is 0 Å². The van der Waals surface area contributed by atoms with E-state index in [-0.39, 0.29) is 16.5 Å². The maximum atomic E-state index is 13.7. The number of halogens is 2. The highest BCUT2D eigenvalue weighted by atomic mass is 35.5. The van der Waals surface area contributed by atoms with Crippen LogP contribution in [0, 0.1) is 5.82 Å². The maximum Gasteiger partial charge on any atom is 0.264 e. The van der Waals surface area contributed by atoms with Crippen molar-refractivity contribution >= 4 is 33.1 Å². The van der Waals surface area contributed by atoms with Crippen LogP contribution in [-0.2, 0) is 10.0 Å². The predicted octanol–water partition coefficient (Wildman–Crippen LogP) is 2.26. The topological polar surface area (TPSA) is 85.1 Å². The zero-order valence-corrected chi connectivity index (χ0v) is 11.0. The van der Waals surface area contributed by atoms with Crippen LogP contribution in [-0.4, -0.2) is 13.4 Å². The smallest absolute Gasteiger partial charge is 0.264 e. The lowest BCUT2D eigenvalue weighted by Gasteiger charge is -2.09. The van der Waals surface area contributed by atoms with Crippen LogP contribution in [0.3, 0.4) is 0 Å². The summed E-state index contributed by atoms with van der Waals surface area (Å²) in [6, 6.07) is 6.57. The van der Waals surface area contributed by atoms with Crippen molar-refractivity contribution in [3.63, 3.8) is 0 Å². The summed E-state index contributed by atoms with van der Waals surface area (Å²) in [6.45, 7) is 0. The molecule has 0 fully saturated rings. The molecule has 0 saturated carbocycles. The summed E-state index contributed by atoms with van der Waals surface area (Å²) in [5.74, 6) is -0.753. The molecule has 3 N–H and O–H groups in total. The Balaban J connectivity index is 2.38. The molecule has 19 heavy (non-hydrogen) atoms. The van der Waals surface area contributed by atoms with Gasteiger partial charge in [-0.1, -0.05) is 17.7 Å². The second-order valence-electron chi connectivity index (χ2n) is 3.63. The minimum absolute atomic E-state index is 0.175. The van der Waals surface area contributed by atoms with Gasteiger partial charge in [-0.25, -0.2) is 17.8 Å². The molecule has 100 valence electrons. The van der Waals surface area contributed by atoms with E-state index in [1.54, 1.807) is 0 Å². The lowest BCUT2D eigenvalue weighted by atomic mass is 10.3. The molecule has 2 rings (SSSR count). The zero-order chi connectivity index (χ0) is 14.0. The molecule has 1 aromatic carbocycles. The van der Waals surface area contributed by atoms with Crippen LogP contribution in [0.4, 0.5) is 15.9 Å². The van der Waals surface area contributed by atoms with Crippen molar-refractivity contribution in [1.29, 1.82) is 0 Å². The molecule has 0 aliphatic rings. The number of rotatable bonds is 3. The van der Waals surface area contributed by atoms with Gasteiger partial charge in [-0.3, -0.25) is 4.72 Å². The second-order valence-corrected chi connectivity index (χ2v) is 5.69. The predicted molar refractivity (Wildman–Crippen MR) is 70.9 cm³/mol. The summed E-state index contributed by atoms with van der Waals surface area (Å²) in [4.78, 5) is 3.20. The Labute approximate surface area is 114 Å². The highest BCUT2D eigenvalue weighted by molar-refractivity contribution is 7.92.